The number of carbonyl (C=O) groups excluding carboxylic acids is 1. The Balaban J connectivity index is 2.08. The zero-order chi connectivity index (χ0) is 16.3. The Hall–Kier alpha value is -1.81. The second-order valence-electron chi connectivity index (χ2n) is 4.56. The highest BCUT2D eigenvalue weighted by atomic mass is 32.2. The minimum atomic E-state index is -2.66. The average molecular weight is 331 g/mol. The number of carboxylic acids is 1. The fourth-order valence-corrected chi connectivity index (χ4v) is 2.46. The Bertz CT molecular complexity index is 589. The second-order valence-corrected chi connectivity index (χ2v) is 5.54. The van der Waals surface area contributed by atoms with Crippen LogP contribution in [0.15, 0.2) is 18.2 Å². The summed E-state index contributed by atoms with van der Waals surface area (Å²) in [5, 5.41) is 21.3. The number of amides is 1. The van der Waals surface area contributed by atoms with Gasteiger partial charge < -0.3 is 20.1 Å². The quantitative estimate of drug-likeness (QED) is 0.690. The van der Waals surface area contributed by atoms with E-state index in [4.69, 9.17) is 9.76 Å². The maximum atomic E-state index is 12.0. The van der Waals surface area contributed by atoms with Crippen molar-refractivity contribution in [2.75, 3.05) is 5.75 Å². The molecule has 0 radical (unpaired) electrons. The first-order valence-corrected chi connectivity index (χ1v) is 7.32. The molecule has 1 heterocycles. The number of nitrogens with one attached hydrogen (secondary N) is 1. The standard InChI is InChI=1S/C12H12BF2NO5S/c14-12(15)22-5-9(17)16-8-4-6-2-1-3-7(11(18)19)10(6)21-13(8)20/h1-3,8,12,20H,4-5H2,(H,16,17)(H,18,19). The van der Waals surface area contributed by atoms with Gasteiger partial charge in [0.25, 0.3) is 5.76 Å². The maximum absolute atomic E-state index is 12.0. The molecule has 1 aliphatic heterocycles. The van der Waals surface area contributed by atoms with E-state index in [-0.39, 0.29) is 29.5 Å². The van der Waals surface area contributed by atoms with E-state index < -0.39 is 36.4 Å². The lowest BCUT2D eigenvalue weighted by Crippen LogP contribution is -2.53. The predicted molar refractivity (Wildman–Crippen MR) is 76.1 cm³/mol. The number of carboxylic acid groups (broad SMARTS) is 1. The first kappa shape index (κ1) is 16.6. The Morgan fingerprint density at radius 2 is 2.23 bits per heavy atom. The van der Waals surface area contributed by atoms with Gasteiger partial charge in [0.2, 0.25) is 5.91 Å². The molecule has 0 aliphatic carbocycles. The van der Waals surface area contributed by atoms with E-state index in [2.05, 4.69) is 5.32 Å². The Morgan fingerprint density at radius 3 is 2.86 bits per heavy atom. The molecule has 1 unspecified atom stereocenters. The zero-order valence-electron chi connectivity index (χ0n) is 11.2. The average Bonchev–Trinajstić information content (AvgIpc) is 2.45. The van der Waals surface area contributed by atoms with E-state index in [0.717, 1.165) is 0 Å². The highest BCUT2D eigenvalue weighted by molar-refractivity contribution is 8.00. The fraction of sp³-hybridized carbons (Fsp3) is 0.333. The van der Waals surface area contributed by atoms with Crippen LogP contribution in [0.1, 0.15) is 15.9 Å². The van der Waals surface area contributed by atoms with Crippen molar-refractivity contribution < 1.29 is 33.2 Å². The molecule has 1 aliphatic rings. The van der Waals surface area contributed by atoms with Crippen LogP contribution in [0, 0.1) is 0 Å². The van der Waals surface area contributed by atoms with Crippen LogP contribution < -0.4 is 9.97 Å². The van der Waals surface area contributed by atoms with Crippen molar-refractivity contribution >= 4 is 30.8 Å². The third kappa shape index (κ3) is 3.89. The van der Waals surface area contributed by atoms with Crippen molar-refractivity contribution in [3.8, 4) is 5.75 Å². The first-order chi connectivity index (χ1) is 10.4. The number of benzene rings is 1. The van der Waals surface area contributed by atoms with Crippen molar-refractivity contribution in [2.45, 2.75) is 18.1 Å². The normalized spacial score (nSPS) is 16.9. The van der Waals surface area contributed by atoms with Gasteiger partial charge in [-0.05, 0) is 18.1 Å². The van der Waals surface area contributed by atoms with Crippen LogP contribution >= 0.6 is 11.8 Å². The van der Waals surface area contributed by atoms with E-state index in [1.807, 2.05) is 0 Å². The first-order valence-electron chi connectivity index (χ1n) is 6.27. The number of hydrogen-bond acceptors (Lipinski definition) is 5. The van der Waals surface area contributed by atoms with E-state index in [1.165, 1.54) is 12.1 Å². The van der Waals surface area contributed by atoms with Gasteiger partial charge >= 0.3 is 13.1 Å². The number of rotatable bonds is 5. The van der Waals surface area contributed by atoms with Gasteiger partial charge in [-0.1, -0.05) is 23.9 Å². The molecular weight excluding hydrogens is 319 g/mol. The topological polar surface area (TPSA) is 95.9 Å². The molecule has 0 bridgehead atoms. The minimum absolute atomic E-state index is 0.0509. The summed E-state index contributed by atoms with van der Waals surface area (Å²) in [6.45, 7) is 0. The molecular formula is C12H12BF2NO5S. The van der Waals surface area contributed by atoms with Crippen LogP contribution in [0.5, 0.6) is 5.75 Å². The summed E-state index contributed by atoms with van der Waals surface area (Å²) in [5.74, 6) is -5.73. The van der Waals surface area contributed by atoms with E-state index >= 15 is 0 Å². The Labute approximate surface area is 129 Å². The van der Waals surface area contributed by atoms with Gasteiger partial charge in [0, 0.05) is 0 Å². The van der Waals surface area contributed by atoms with Crippen molar-refractivity contribution in [1.82, 2.24) is 5.32 Å². The molecule has 1 atom stereocenters. The highest BCUT2D eigenvalue weighted by Gasteiger charge is 2.37. The molecule has 0 aromatic heterocycles. The monoisotopic (exact) mass is 331 g/mol. The lowest BCUT2D eigenvalue weighted by molar-refractivity contribution is -0.119. The highest BCUT2D eigenvalue weighted by Crippen LogP contribution is 2.30. The summed E-state index contributed by atoms with van der Waals surface area (Å²) in [6, 6.07) is 4.47. The number of hydrogen-bond donors (Lipinski definition) is 3. The molecule has 0 saturated heterocycles. The van der Waals surface area contributed by atoms with Crippen molar-refractivity contribution in [2.24, 2.45) is 0 Å². The zero-order valence-corrected chi connectivity index (χ0v) is 12.0. The summed E-state index contributed by atoms with van der Waals surface area (Å²) in [6.07, 6.45) is 0.142. The molecule has 1 aromatic carbocycles. The van der Waals surface area contributed by atoms with Crippen molar-refractivity contribution in [3.63, 3.8) is 0 Å². The van der Waals surface area contributed by atoms with E-state index in [0.29, 0.717) is 5.56 Å². The van der Waals surface area contributed by atoms with Gasteiger partial charge in [0.05, 0.1) is 17.3 Å². The Kier molecular flexibility index (Phi) is 5.25. The lowest BCUT2D eigenvalue weighted by Gasteiger charge is -2.28. The minimum Gasteiger partial charge on any atom is -0.534 e. The third-order valence-electron chi connectivity index (χ3n) is 3.04. The molecule has 0 fully saturated rings. The van der Waals surface area contributed by atoms with Gasteiger partial charge in [-0.25, -0.2) is 4.79 Å². The molecule has 6 nitrogen and oxygen atoms in total. The molecule has 2 rings (SSSR count). The van der Waals surface area contributed by atoms with E-state index in [9.17, 15) is 23.4 Å². The number of halogens is 2. The van der Waals surface area contributed by atoms with Crippen LogP contribution in [0.3, 0.4) is 0 Å². The number of thioether (sulfide) groups is 1. The smallest absolute Gasteiger partial charge is 0.534 e. The van der Waals surface area contributed by atoms with Gasteiger partial charge in [-0.2, -0.15) is 8.78 Å². The molecule has 3 N–H and O–H groups in total. The third-order valence-corrected chi connectivity index (χ3v) is 3.72. The van der Waals surface area contributed by atoms with Crippen LogP contribution in [0.4, 0.5) is 8.78 Å². The van der Waals surface area contributed by atoms with Crippen LogP contribution in [0.25, 0.3) is 0 Å². The number of fused-ring (bicyclic) bond motifs is 1. The van der Waals surface area contributed by atoms with Crippen molar-refractivity contribution in [1.29, 1.82) is 0 Å². The SMILES string of the molecule is O=C(CSC(F)F)NC1Cc2cccc(C(=O)O)c2OB1O. The summed E-state index contributed by atoms with van der Waals surface area (Å²) in [5.41, 5.74) is 0.423. The molecule has 118 valence electrons. The summed E-state index contributed by atoms with van der Waals surface area (Å²) < 4.78 is 29.2. The van der Waals surface area contributed by atoms with Crippen LogP contribution in [-0.4, -0.2) is 46.6 Å². The van der Waals surface area contributed by atoms with Crippen LogP contribution in [-0.2, 0) is 11.2 Å². The van der Waals surface area contributed by atoms with Gasteiger partial charge in [-0.3, -0.25) is 4.79 Å². The summed E-state index contributed by atoms with van der Waals surface area (Å²) >= 11 is 0.176. The number of aromatic carboxylic acids is 1. The van der Waals surface area contributed by atoms with Gasteiger partial charge in [-0.15, -0.1) is 0 Å². The van der Waals surface area contributed by atoms with Crippen molar-refractivity contribution in [3.05, 3.63) is 29.3 Å². The summed E-state index contributed by atoms with van der Waals surface area (Å²) in [4.78, 5) is 22.6. The molecule has 1 amide bonds. The molecule has 0 spiro atoms. The Morgan fingerprint density at radius 1 is 1.50 bits per heavy atom. The summed E-state index contributed by atoms with van der Waals surface area (Å²) in [7, 11) is -1.45. The number of alkyl halides is 2. The maximum Gasteiger partial charge on any atom is 0.547 e. The van der Waals surface area contributed by atoms with Crippen LogP contribution in [0.2, 0.25) is 0 Å². The largest absolute Gasteiger partial charge is 0.547 e. The van der Waals surface area contributed by atoms with Gasteiger partial charge in [0.15, 0.2) is 0 Å². The number of carbonyl (C=O) groups is 2. The molecule has 0 saturated carbocycles. The molecule has 10 heteroatoms. The predicted octanol–water partition coefficient (Wildman–Crippen LogP) is 0.780. The fourth-order valence-electron chi connectivity index (χ4n) is 2.10. The second kappa shape index (κ2) is 6.97. The van der Waals surface area contributed by atoms with Gasteiger partial charge in [0.1, 0.15) is 5.75 Å². The molecule has 22 heavy (non-hydrogen) atoms. The lowest BCUT2D eigenvalue weighted by atomic mass is 9.72. The van der Waals surface area contributed by atoms with E-state index in [1.54, 1.807) is 6.07 Å². The number of para-hydroxylation sites is 1. The molecule has 1 aromatic rings.